The summed E-state index contributed by atoms with van der Waals surface area (Å²) >= 11 is 1.53. The molecule has 4 heterocycles. The Morgan fingerprint density at radius 2 is 2.00 bits per heavy atom. The van der Waals surface area contributed by atoms with Gasteiger partial charge in [0.1, 0.15) is 10.8 Å². The Hall–Kier alpha value is -2.45. The van der Waals surface area contributed by atoms with Crippen molar-refractivity contribution in [3.8, 4) is 17.1 Å². The van der Waals surface area contributed by atoms with Crippen LogP contribution in [0.2, 0.25) is 0 Å². The first-order chi connectivity index (χ1) is 13.0. The van der Waals surface area contributed by atoms with Crippen molar-refractivity contribution in [2.45, 2.75) is 27.2 Å². The predicted octanol–water partition coefficient (Wildman–Crippen LogP) is 2.92. The van der Waals surface area contributed by atoms with E-state index in [1.165, 1.54) is 11.3 Å². The van der Waals surface area contributed by atoms with E-state index in [9.17, 15) is 4.79 Å². The molecule has 0 unspecified atom stereocenters. The van der Waals surface area contributed by atoms with Crippen LogP contribution in [0.3, 0.4) is 0 Å². The van der Waals surface area contributed by atoms with Crippen molar-refractivity contribution < 1.29 is 14.1 Å². The minimum Gasteiger partial charge on any atom is -0.378 e. The number of aromatic nitrogens is 3. The maximum absolute atomic E-state index is 12.4. The summed E-state index contributed by atoms with van der Waals surface area (Å²) < 4.78 is 12.6. The van der Waals surface area contributed by atoms with Gasteiger partial charge in [0.15, 0.2) is 5.82 Å². The zero-order valence-electron chi connectivity index (χ0n) is 15.7. The van der Waals surface area contributed by atoms with Crippen LogP contribution in [0, 0.1) is 20.8 Å². The number of nitrogens with zero attached hydrogens (tertiary/aromatic N) is 4. The van der Waals surface area contributed by atoms with Crippen LogP contribution in [0.15, 0.2) is 22.0 Å². The largest absolute Gasteiger partial charge is 0.378 e. The average molecular weight is 386 g/mol. The van der Waals surface area contributed by atoms with Crippen molar-refractivity contribution in [3.05, 3.63) is 39.7 Å². The molecule has 1 fully saturated rings. The Bertz CT molecular complexity index is 966. The fourth-order valence-corrected chi connectivity index (χ4v) is 4.19. The van der Waals surface area contributed by atoms with Crippen molar-refractivity contribution in [1.29, 1.82) is 0 Å². The highest BCUT2D eigenvalue weighted by Gasteiger charge is 2.20. The molecule has 0 aromatic carbocycles. The molecule has 1 aliphatic heterocycles. The van der Waals surface area contributed by atoms with Crippen LogP contribution in [0.5, 0.6) is 0 Å². The third kappa shape index (κ3) is 3.54. The highest BCUT2D eigenvalue weighted by atomic mass is 32.1. The molecule has 142 valence electrons. The molecule has 7 nitrogen and oxygen atoms in total. The van der Waals surface area contributed by atoms with Gasteiger partial charge in [-0.2, -0.15) is 0 Å². The Morgan fingerprint density at radius 1 is 1.22 bits per heavy atom. The molecule has 0 N–H and O–H groups in total. The molecular formula is C19H22N4O3S. The van der Waals surface area contributed by atoms with E-state index in [-0.39, 0.29) is 5.91 Å². The monoisotopic (exact) mass is 386 g/mol. The number of hydrogen-bond acceptors (Lipinski definition) is 6. The second kappa shape index (κ2) is 7.28. The molecule has 27 heavy (non-hydrogen) atoms. The summed E-state index contributed by atoms with van der Waals surface area (Å²) in [6.07, 6.45) is 0.339. The Morgan fingerprint density at radius 3 is 2.70 bits per heavy atom. The number of morpholine rings is 1. The van der Waals surface area contributed by atoms with Gasteiger partial charge in [0, 0.05) is 41.5 Å². The fraction of sp³-hybridized carbons (Fsp3) is 0.421. The van der Waals surface area contributed by atoms with Gasteiger partial charge in [0.05, 0.1) is 25.3 Å². The van der Waals surface area contributed by atoms with Crippen LogP contribution in [0.4, 0.5) is 0 Å². The molecule has 1 amide bonds. The molecule has 1 saturated heterocycles. The summed E-state index contributed by atoms with van der Waals surface area (Å²) in [6, 6.07) is 4.01. The van der Waals surface area contributed by atoms with Crippen LogP contribution >= 0.6 is 11.3 Å². The molecule has 0 radical (unpaired) electrons. The maximum atomic E-state index is 12.4. The maximum Gasteiger partial charge on any atom is 0.229 e. The molecule has 0 aliphatic carbocycles. The van der Waals surface area contributed by atoms with E-state index in [1.807, 2.05) is 37.1 Å². The van der Waals surface area contributed by atoms with E-state index in [2.05, 4.69) is 15.8 Å². The lowest BCUT2D eigenvalue weighted by molar-refractivity contribution is -0.134. The first-order valence-electron chi connectivity index (χ1n) is 8.96. The smallest absolute Gasteiger partial charge is 0.229 e. The number of thiazole rings is 1. The van der Waals surface area contributed by atoms with Crippen LogP contribution in [0.1, 0.15) is 22.2 Å². The van der Waals surface area contributed by atoms with Gasteiger partial charge in [-0.1, -0.05) is 5.16 Å². The van der Waals surface area contributed by atoms with E-state index >= 15 is 0 Å². The molecule has 4 rings (SSSR count). The molecule has 1 aliphatic rings. The van der Waals surface area contributed by atoms with Crippen LogP contribution in [-0.2, 0) is 16.0 Å². The van der Waals surface area contributed by atoms with Crippen molar-refractivity contribution in [2.75, 3.05) is 26.3 Å². The minimum atomic E-state index is 0.114. The lowest BCUT2D eigenvalue weighted by atomic mass is 10.2. The number of amides is 1. The molecule has 3 aromatic heterocycles. The highest BCUT2D eigenvalue weighted by molar-refractivity contribution is 7.10. The Kier molecular flexibility index (Phi) is 4.84. The van der Waals surface area contributed by atoms with Crippen molar-refractivity contribution in [2.24, 2.45) is 0 Å². The quantitative estimate of drug-likeness (QED) is 0.689. The number of carbonyl (C=O) groups is 1. The number of rotatable bonds is 4. The van der Waals surface area contributed by atoms with Gasteiger partial charge in [-0.05, 0) is 26.8 Å². The zero-order chi connectivity index (χ0) is 19.0. The van der Waals surface area contributed by atoms with Crippen molar-refractivity contribution in [1.82, 2.24) is 19.6 Å². The van der Waals surface area contributed by atoms with Gasteiger partial charge in [0.25, 0.3) is 0 Å². The standard InChI is InChI=1S/C19H22N4O3S/c1-12-8-15(14(3)23(12)17-9-13(2)26-21-17)16-11-27-18(20-16)10-19(24)22-4-6-25-7-5-22/h8-9,11H,4-7,10H2,1-3H3. The first kappa shape index (κ1) is 17.9. The molecule has 8 heteroatoms. The molecule has 0 saturated carbocycles. The number of aryl methyl sites for hydroxylation is 2. The Balaban J connectivity index is 1.56. The third-order valence-corrected chi connectivity index (χ3v) is 5.62. The highest BCUT2D eigenvalue weighted by Crippen LogP contribution is 2.30. The van der Waals surface area contributed by atoms with Gasteiger partial charge in [-0.15, -0.1) is 11.3 Å². The number of hydrogen-bond donors (Lipinski definition) is 0. The van der Waals surface area contributed by atoms with E-state index in [1.54, 1.807) is 0 Å². The van der Waals surface area contributed by atoms with Crippen LogP contribution < -0.4 is 0 Å². The summed E-state index contributed by atoms with van der Waals surface area (Å²) in [5.74, 6) is 1.66. The summed E-state index contributed by atoms with van der Waals surface area (Å²) in [4.78, 5) is 19.0. The number of ether oxygens (including phenoxy) is 1. The van der Waals surface area contributed by atoms with Crippen molar-refractivity contribution >= 4 is 17.2 Å². The second-order valence-electron chi connectivity index (χ2n) is 6.71. The van der Waals surface area contributed by atoms with Gasteiger partial charge in [-0.25, -0.2) is 4.98 Å². The zero-order valence-corrected chi connectivity index (χ0v) is 16.5. The minimum absolute atomic E-state index is 0.114. The SMILES string of the molecule is Cc1cc(-n2c(C)cc(-c3csc(CC(=O)N4CCOCC4)n3)c2C)no1. The summed E-state index contributed by atoms with van der Waals surface area (Å²) in [7, 11) is 0. The lowest BCUT2D eigenvalue weighted by Gasteiger charge is -2.26. The van der Waals surface area contributed by atoms with E-state index in [0.717, 1.165) is 39.2 Å². The molecular weight excluding hydrogens is 364 g/mol. The topological polar surface area (TPSA) is 73.4 Å². The lowest BCUT2D eigenvalue weighted by Crippen LogP contribution is -2.41. The van der Waals surface area contributed by atoms with Gasteiger partial charge in [-0.3, -0.25) is 9.36 Å². The van der Waals surface area contributed by atoms with Gasteiger partial charge in [0.2, 0.25) is 5.91 Å². The van der Waals surface area contributed by atoms with Gasteiger partial charge < -0.3 is 14.2 Å². The molecule has 0 bridgehead atoms. The predicted molar refractivity (Wildman–Crippen MR) is 102 cm³/mol. The van der Waals surface area contributed by atoms with Gasteiger partial charge >= 0.3 is 0 Å². The fourth-order valence-electron chi connectivity index (χ4n) is 3.40. The van der Waals surface area contributed by atoms with Crippen LogP contribution in [-0.4, -0.2) is 51.8 Å². The number of carbonyl (C=O) groups excluding carboxylic acids is 1. The van der Waals surface area contributed by atoms with E-state index in [0.29, 0.717) is 32.7 Å². The molecule has 3 aromatic rings. The third-order valence-electron chi connectivity index (χ3n) is 4.77. The normalized spacial score (nSPS) is 14.7. The van der Waals surface area contributed by atoms with E-state index in [4.69, 9.17) is 14.2 Å². The van der Waals surface area contributed by atoms with Crippen LogP contribution in [0.25, 0.3) is 17.1 Å². The average Bonchev–Trinajstić information content (AvgIpc) is 3.35. The summed E-state index contributed by atoms with van der Waals surface area (Å²) in [5, 5.41) is 6.97. The Labute approximate surface area is 161 Å². The first-order valence-corrected chi connectivity index (χ1v) is 9.84. The summed E-state index contributed by atoms with van der Waals surface area (Å²) in [6.45, 7) is 8.51. The van der Waals surface area contributed by atoms with E-state index < -0.39 is 0 Å². The molecule has 0 atom stereocenters. The second-order valence-corrected chi connectivity index (χ2v) is 7.66. The summed E-state index contributed by atoms with van der Waals surface area (Å²) in [5.41, 5.74) is 4.06. The van der Waals surface area contributed by atoms with Crippen molar-refractivity contribution in [3.63, 3.8) is 0 Å². The molecule has 0 spiro atoms.